The second kappa shape index (κ2) is 10.5. The maximum absolute atomic E-state index is 13.2. The third-order valence-electron chi connectivity index (χ3n) is 4.60. The van der Waals surface area contributed by atoms with Gasteiger partial charge in [-0.3, -0.25) is 9.59 Å². The minimum absolute atomic E-state index is 0.00436. The van der Waals surface area contributed by atoms with Crippen molar-refractivity contribution in [2.45, 2.75) is 25.8 Å². The molecule has 3 rings (SSSR count). The Bertz CT molecular complexity index is 1010. The van der Waals surface area contributed by atoms with Crippen LogP contribution < -0.4 is 16.0 Å². The lowest BCUT2D eigenvalue weighted by Gasteiger charge is -2.19. The average molecular weight is 432 g/mol. The molecule has 0 atom stereocenters. The summed E-state index contributed by atoms with van der Waals surface area (Å²) in [7, 11) is 0. The standard InChI is InChI=1S/C25H25N3O2S/c1-17(2)26-23(29)20-15-9-10-16-21(20)27-25(31)28-24(30)22(18-11-5-3-6-12-18)19-13-7-4-8-14-19/h3-17,22H,1-2H3,(H,26,29)(H2,27,28,30,31). The summed E-state index contributed by atoms with van der Waals surface area (Å²) in [5.74, 6) is -0.973. The third-order valence-corrected chi connectivity index (χ3v) is 4.81. The van der Waals surface area contributed by atoms with Crippen molar-refractivity contribution >= 4 is 34.8 Å². The van der Waals surface area contributed by atoms with Crippen LogP contribution in [0.2, 0.25) is 0 Å². The number of thiocarbonyl (C=S) groups is 1. The van der Waals surface area contributed by atoms with Gasteiger partial charge < -0.3 is 16.0 Å². The first-order valence-corrected chi connectivity index (χ1v) is 10.5. The van der Waals surface area contributed by atoms with Crippen LogP contribution in [0.4, 0.5) is 5.69 Å². The monoisotopic (exact) mass is 431 g/mol. The Morgan fingerprint density at radius 1 is 0.774 bits per heavy atom. The molecule has 31 heavy (non-hydrogen) atoms. The van der Waals surface area contributed by atoms with E-state index in [-0.39, 0.29) is 23.0 Å². The highest BCUT2D eigenvalue weighted by Crippen LogP contribution is 2.25. The first-order valence-electron chi connectivity index (χ1n) is 10.1. The van der Waals surface area contributed by atoms with Crippen LogP contribution in [0.15, 0.2) is 84.9 Å². The second-order valence-electron chi connectivity index (χ2n) is 7.37. The van der Waals surface area contributed by atoms with Crippen LogP contribution in [0.5, 0.6) is 0 Å². The molecule has 0 bridgehead atoms. The highest BCUT2D eigenvalue weighted by Gasteiger charge is 2.23. The smallest absolute Gasteiger partial charge is 0.253 e. The van der Waals surface area contributed by atoms with Crippen molar-refractivity contribution in [3.05, 3.63) is 102 Å². The van der Waals surface area contributed by atoms with Gasteiger partial charge in [-0.25, -0.2) is 0 Å². The Morgan fingerprint density at radius 2 is 1.29 bits per heavy atom. The number of amides is 2. The van der Waals surface area contributed by atoms with Gasteiger partial charge in [-0.1, -0.05) is 72.8 Å². The fourth-order valence-corrected chi connectivity index (χ4v) is 3.46. The molecule has 0 fully saturated rings. The summed E-state index contributed by atoms with van der Waals surface area (Å²) in [5, 5.41) is 8.77. The predicted molar refractivity (Wildman–Crippen MR) is 128 cm³/mol. The molecular formula is C25H25N3O2S. The number of carbonyl (C=O) groups is 2. The quantitative estimate of drug-likeness (QED) is 0.504. The van der Waals surface area contributed by atoms with E-state index in [1.165, 1.54) is 0 Å². The maximum Gasteiger partial charge on any atom is 0.253 e. The number of rotatable bonds is 6. The molecule has 2 amide bonds. The summed E-state index contributed by atoms with van der Waals surface area (Å²) in [6, 6.07) is 26.1. The number of para-hydroxylation sites is 1. The van der Waals surface area contributed by atoms with Crippen molar-refractivity contribution in [3.63, 3.8) is 0 Å². The van der Waals surface area contributed by atoms with Gasteiger partial charge in [-0.2, -0.15) is 0 Å². The molecule has 0 aromatic heterocycles. The SMILES string of the molecule is CC(C)NC(=O)c1ccccc1NC(=S)NC(=O)C(c1ccccc1)c1ccccc1. The van der Waals surface area contributed by atoms with Gasteiger partial charge in [-0.05, 0) is 49.3 Å². The number of hydrogen-bond acceptors (Lipinski definition) is 3. The molecule has 0 aliphatic rings. The molecule has 0 saturated heterocycles. The van der Waals surface area contributed by atoms with Gasteiger partial charge in [0.1, 0.15) is 0 Å². The molecule has 0 radical (unpaired) electrons. The minimum atomic E-state index is -0.512. The molecule has 0 aliphatic heterocycles. The zero-order chi connectivity index (χ0) is 22.2. The van der Waals surface area contributed by atoms with Crippen molar-refractivity contribution < 1.29 is 9.59 Å². The van der Waals surface area contributed by atoms with E-state index in [1.54, 1.807) is 24.3 Å². The molecule has 3 aromatic carbocycles. The Labute approximate surface area is 187 Å². The second-order valence-corrected chi connectivity index (χ2v) is 7.78. The van der Waals surface area contributed by atoms with E-state index < -0.39 is 5.92 Å². The lowest BCUT2D eigenvalue weighted by atomic mass is 9.90. The topological polar surface area (TPSA) is 70.2 Å². The van der Waals surface area contributed by atoms with E-state index in [9.17, 15) is 9.59 Å². The van der Waals surface area contributed by atoms with Crippen LogP contribution in [-0.2, 0) is 4.79 Å². The molecule has 0 saturated carbocycles. The summed E-state index contributed by atoms with van der Waals surface area (Å²) in [6.45, 7) is 3.79. The number of benzene rings is 3. The summed E-state index contributed by atoms with van der Waals surface area (Å²) in [6.07, 6.45) is 0. The van der Waals surface area contributed by atoms with Crippen LogP contribution in [0, 0.1) is 0 Å². The van der Waals surface area contributed by atoms with Crippen LogP contribution in [-0.4, -0.2) is 23.0 Å². The summed E-state index contributed by atoms with van der Waals surface area (Å²) < 4.78 is 0. The van der Waals surface area contributed by atoms with Crippen molar-refractivity contribution in [3.8, 4) is 0 Å². The van der Waals surface area contributed by atoms with Gasteiger partial charge in [0.15, 0.2) is 5.11 Å². The normalized spacial score (nSPS) is 10.6. The van der Waals surface area contributed by atoms with E-state index >= 15 is 0 Å². The lowest BCUT2D eigenvalue weighted by Crippen LogP contribution is -2.38. The molecule has 3 N–H and O–H groups in total. The van der Waals surface area contributed by atoms with Gasteiger partial charge in [0.2, 0.25) is 5.91 Å². The Balaban J connectivity index is 1.78. The molecule has 0 aliphatic carbocycles. The van der Waals surface area contributed by atoms with Crippen LogP contribution >= 0.6 is 12.2 Å². The number of nitrogens with one attached hydrogen (secondary N) is 3. The molecule has 5 nitrogen and oxygen atoms in total. The predicted octanol–water partition coefficient (Wildman–Crippen LogP) is 4.47. The lowest BCUT2D eigenvalue weighted by molar-refractivity contribution is -0.120. The van der Waals surface area contributed by atoms with Crippen molar-refractivity contribution in [1.82, 2.24) is 10.6 Å². The van der Waals surface area contributed by atoms with Crippen LogP contribution in [0.3, 0.4) is 0 Å². The van der Waals surface area contributed by atoms with Gasteiger partial charge >= 0.3 is 0 Å². The van der Waals surface area contributed by atoms with Crippen LogP contribution in [0.1, 0.15) is 41.3 Å². The first-order chi connectivity index (χ1) is 15.0. The number of hydrogen-bond donors (Lipinski definition) is 3. The Morgan fingerprint density at radius 3 is 1.84 bits per heavy atom. The molecular weight excluding hydrogens is 406 g/mol. The number of carbonyl (C=O) groups excluding carboxylic acids is 2. The van der Waals surface area contributed by atoms with Crippen LogP contribution in [0.25, 0.3) is 0 Å². The van der Waals surface area contributed by atoms with E-state index in [4.69, 9.17) is 12.2 Å². The van der Waals surface area contributed by atoms with E-state index in [0.29, 0.717) is 11.3 Å². The van der Waals surface area contributed by atoms with E-state index in [2.05, 4.69) is 16.0 Å². The average Bonchev–Trinajstić information content (AvgIpc) is 2.75. The van der Waals surface area contributed by atoms with Crippen molar-refractivity contribution in [2.24, 2.45) is 0 Å². The summed E-state index contributed by atoms with van der Waals surface area (Å²) >= 11 is 5.39. The van der Waals surface area contributed by atoms with Gasteiger partial charge in [0.25, 0.3) is 5.91 Å². The zero-order valence-corrected chi connectivity index (χ0v) is 18.3. The maximum atomic E-state index is 13.2. The minimum Gasteiger partial charge on any atom is -0.350 e. The number of anilines is 1. The van der Waals surface area contributed by atoms with Gasteiger partial charge in [-0.15, -0.1) is 0 Å². The fourth-order valence-electron chi connectivity index (χ4n) is 3.25. The molecule has 3 aromatic rings. The van der Waals surface area contributed by atoms with Crippen molar-refractivity contribution in [1.29, 1.82) is 0 Å². The third kappa shape index (κ3) is 5.99. The molecule has 6 heteroatoms. The largest absolute Gasteiger partial charge is 0.350 e. The van der Waals surface area contributed by atoms with Crippen molar-refractivity contribution in [2.75, 3.05) is 5.32 Å². The Hall–Kier alpha value is -3.51. The molecule has 0 spiro atoms. The summed E-state index contributed by atoms with van der Waals surface area (Å²) in [4.78, 5) is 25.7. The molecule has 158 valence electrons. The van der Waals surface area contributed by atoms with Gasteiger partial charge in [0, 0.05) is 6.04 Å². The fraction of sp³-hybridized carbons (Fsp3) is 0.160. The molecule has 0 heterocycles. The van der Waals surface area contributed by atoms with E-state index in [0.717, 1.165) is 11.1 Å². The first kappa shape index (κ1) is 22.2. The summed E-state index contributed by atoms with van der Waals surface area (Å²) in [5.41, 5.74) is 2.72. The molecule has 0 unspecified atom stereocenters. The Kier molecular flexibility index (Phi) is 7.51. The van der Waals surface area contributed by atoms with Gasteiger partial charge in [0.05, 0.1) is 17.2 Å². The van der Waals surface area contributed by atoms with E-state index in [1.807, 2.05) is 74.5 Å². The highest BCUT2D eigenvalue weighted by molar-refractivity contribution is 7.80. The zero-order valence-electron chi connectivity index (χ0n) is 17.5. The highest BCUT2D eigenvalue weighted by atomic mass is 32.1.